The van der Waals surface area contributed by atoms with Gasteiger partial charge in [0.1, 0.15) is 0 Å². The highest BCUT2D eigenvalue weighted by Gasteiger charge is 2.03. The van der Waals surface area contributed by atoms with Crippen molar-refractivity contribution in [3.63, 3.8) is 0 Å². The Labute approximate surface area is 118 Å². The van der Waals surface area contributed by atoms with E-state index in [0.29, 0.717) is 6.04 Å². The van der Waals surface area contributed by atoms with Crippen LogP contribution >= 0.6 is 0 Å². The minimum Gasteiger partial charge on any atom is -0.374 e. The van der Waals surface area contributed by atoms with E-state index in [0.717, 1.165) is 13.2 Å². The van der Waals surface area contributed by atoms with E-state index in [-0.39, 0.29) is 6.10 Å². The molecule has 2 nitrogen and oxygen atoms in total. The van der Waals surface area contributed by atoms with Gasteiger partial charge < -0.3 is 10.1 Å². The second-order valence-corrected chi connectivity index (χ2v) is 5.45. The van der Waals surface area contributed by atoms with Crippen molar-refractivity contribution in [2.24, 2.45) is 0 Å². The summed E-state index contributed by atoms with van der Waals surface area (Å²) in [7, 11) is 0. The molecule has 0 fully saturated rings. The van der Waals surface area contributed by atoms with Gasteiger partial charge in [-0.25, -0.2) is 0 Å². The van der Waals surface area contributed by atoms with Crippen LogP contribution < -0.4 is 5.32 Å². The van der Waals surface area contributed by atoms with Gasteiger partial charge >= 0.3 is 0 Å². The highest BCUT2D eigenvalue weighted by atomic mass is 16.5. The van der Waals surface area contributed by atoms with Crippen molar-refractivity contribution in [3.05, 3.63) is 35.9 Å². The van der Waals surface area contributed by atoms with Gasteiger partial charge in [0.25, 0.3) is 0 Å². The van der Waals surface area contributed by atoms with Gasteiger partial charge in [0.05, 0.1) is 6.10 Å². The molecule has 1 rings (SSSR count). The summed E-state index contributed by atoms with van der Waals surface area (Å²) in [6.07, 6.45) is 5.21. The second-order valence-electron chi connectivity index (χ2n) is 5.45. The lowest BCUT2D eigenvalue weighted by Gasteiger charge is -2.13. The fourth-order valence-electron chi connectivity index (χ4n) is 2.05. The highest BCUT2D eigenvalue weighted by molar-refractivity contribution is 5.16. The average molecular weight is 263 g/mol. The van der Waals surface area contributed by atoms with Gasteiger partial charge in [-0.1, -0.05) is 57.0 Å². The molecule has 1 N–H and O–H groups in total. The smallest absolute Gasteiger partial charge is 0.0796 e. The largest absolute Gasteiger partial charge is 0.374 e. The van der Waals surface area contributed by atoms with Crippen molar-refractivity contribution in [3.8, 4) is 0 Å². The highest BCUT2D eigenvalue weighted by Crippen LogP contribution is 2.16. The Kier molecular flexibility index (Phi) is 8.52. The first-order chi connectivity index (χ1) is 9.20. The summed E-state index contributed by atoms with van der Waals surface area (Å²) in [5.74, 6) is 0. The normalized spacial score (nSPS) is 12.8. The maximum Gasteiger partial charge on any atom is 0.0796 e. The Morgan fingerprint density at radius 1 is 0.947 bits per heavy atom. The number of rotatable bonds is 10. The lowest BCUT2D eigenvalue weighted by molar-refractivity contribution is 0.0627. The molecule has 0 saturated heterocycles. The van der Waals surface area contributed by atoms with Gasteiger partial charge in [-0.3, -0.25) is 0 Å². The van der Waals surface area contributed by atoms with E-state index in [2.05, 4.69) is 50.4 Å². The molecule has 0 aliphatic rings. The summed E-state index contributed by atoms with van der Waals surface area (Å²) < 4.78 is 5.86. The van der Waals surface area contributed by atoms with Crippen LogP contribution in [0.5, 0.6) is 0 Å². The molecule has 108 valence electrons. The van der Waals surface area contributed by atoms with Crippen molar-refractivity contribution in [1.82, 2.24) is 5.32 Å². The third-order valence-electron chi connectivity index (χ3n) is 3.26. The molecule has 0 aromatic heterocycles. The van der Waals surface area contributed by atoms with E-state index in [1.54, 1.807) is 0 Å². The summed E-state index contributed by atoms with van der Waals surface area (Å²) in [4.78, 5) is 0. The molecule has 0 aliphatic carbocycles. The predicted molar refractivity (Wildman–Crippen MR) is 82.4 cm³/mol. The SMILES string of the molecule is CC(C)NCCCCCCOC(C)c1ccccc1. The zero-order chi connectivity index (χ0) is 13.9. The van der Waals surface area contributed by atoms with E-state index in [9.17, 15) is 0 Å². The molecular formula is C17H29NO. The number of benzene rings is 1. The lowest BCUT2D eigenvalue weighted by atomic mass is 10.1. The van der Waals surface area contributed by atoms with Crippen LogP contribution in [-0.4, -0.2) is 19.2 Å². The predicted octanol–water partition coefficient (Wildman–Crippen LogP) is 4.32. The fourth-order valence-corrected chi connectivity index (χ4v) is 2.05. The van der Waals surface area contributed by atoms with Gasteiger partial charge in [0, 0.05) is 12.6 Å². The molecule has 0 amide bonds. The monoisotopic (exact) mass is 263 g/mol. The molecule has 0 saturated carbocycles. The maximum atomic E-state index is 5.86. The van der Waals surface area contributed by atoms with Crippen LogP contribution in [0.3, 0.4) is 0 Å². The van der Waals surface area contributed by atoms with Crippen molar-refractivity contribution in [2.45, 2.75) is 58.6 Å². The number of hydrogen-bond donors (Lipinski definition) is 1. The Hall–Kier alpha value is -0.860. The molecule has 2 heteroatoms. The van der Waals surface area contributed by atoms with E-state index in [1.807, 2.05) is 6.07 Å². The number of unbranched alkanes of at least 4 members (excludes halogenated alkanes) is 3. The van der Waals surface area contributed by atoms with Crippen LogP contribution in [0, 0.1) is 0 Å². The van der Waals surface area contributed by atoms with Crippen molar-refractivity contribution in [2.75, 3.05) is 13.2 Å². The molecule has 1 aromatic carbocycles. The summed E-state index contributed by atoms with van der Waals surface area (Å²) in [6, 6.07) is 11.0. The molecule has 0 spiro atoms. The van der Waals surface area contributed by atoms with Crippen LogP contribution in [0.4, 0.5) is 0 Å². The summed E-state index contributed by atoms with van der Waals surface area (Å²) in [6.45, 7) is 8.52. The van der Waals surface area contributed by atoms with Crippen molar-refractivity contribution in [1.29, 1.82) is 0 Å². The average Bonchev–Trinajstić information content (AvgIpc) is 2.42. The van der Waals surface area contributed by atoms with Gasteiger partial charge in [0.15, 0.2) is 0 Å². The zero-order valence-corrected chi connectivity index (χ0v) is 12.7. The van der Waals surface area contributed by atoms with E-state index >= 15 is 0 Å². The summed E-state index contributed by atoms with van der Waals surface area (Å²) in [5.41, 5.74) is 1.27. The van der Waals surface area contributed by atoms with Crippen LogP contribution in [0.1, 0.15) is 58.1 Å². The lowest BCUT2D eigenvalue weighted by Crippen LogP contribution is -2.23. The molecule has 19 heavy (non-hydrogen) atoms. The minimum atomic E-state index is 0.212. The fraction of sp³-hybridized carbons (Fsp3) is 0.647. The zero-order valence-electron chi connectivity index (χ0n) is 12.7. The van der Waals surface area contributed by atoms with Crippen LogP contribution in [0.15, 0.2) is 30.3 Å². The third kappa shape index (κ3) is 8.02. The first kappa shape index (κ1) is 16.2. The van der Waals surface area contributed by atoms with Crippen molar-refractivity contribution < 1.29 is 4.74 Å². The van der Waals surface area contributed by atoms with Crippen LogP contribution in [-0.2, 0) is 4.74 Å². The van der Waals surface area contributed by atoms with E-state index < -0.39 is 0 Å². The first-order valence-electron chi connectivity index (χ1n) is 7.60. The van der Waals surface area contributed by atoms with Gasteiger partial charge in [-0.15, -0.1) is 0 Å². The Morgan fingerprint density at radius 2 is 1.63 bits per heavy atom. The Bertz CT molecular complexity index is 310. The van der Waals surface area contributed by atoms with Crippen LogP contribution in [0.2, 0.25) is 0 Å². The molecule has 1 unspecified atom stereocenters. The molecule has 1 aromatic rings. The molecule has 0 bridgehead atoms. The first-order valence-corrected chi connectivity index (χ1v) is 7.60. The van der Waals surface area contributed by atoms with E-state index in [4.69, 9.17) is 4.74 Å². The molecular weight excluding hydrogens is 234 g/mol. The third-order valence-corrected chi connectivity index (χ3v) is 3.26. The van der Waals surface area contributed by atoms with E-state index in [1.165, 1.54) is 31.2 Å². The number of hydrogen-bond acceptors (Lipinski definition) is 2. The van der Waals surface area contributed by atoms with Gasteiger partial charge in [-0.2, -0.15) is 0 Å². The van der Waals surface area contributed by atoms with Crippen LogP contribution in [0.25, 0.3) is 0 Å². The summed E-state index contributed by atoms with van der Waals surface area (Å²) >= 11 is 0. The Balaban J connectivity index is 1.96. The maximum absolute atomic E-state index is 5.86. The minimum absolute atomic E-state index is 0.212. The molecule has 1 atom stereocenters. The molecule has 0 heterocycles. The summed E-state index contributed by atoms with van der Waals surface area (Å²) in [5, 5.41) is 3.44. The quantitative estimate of drug-likeness (QED) is 0.635. The van der Waals surface area contributed by atoms with Gasteiger partial charge in [-0.05, 0) is 31.9 Å². The molecule has 0 aliphatic heterocycles. The topological polar surface area (TPSA) is 21.3 Å². The van der Waals surface area contributed by atoms with Crippen molar-refractivity contribution >= 4 is 0 Å². The number of ether oxygens (including phenoxy) is 1. The van der Waals surface area contributed by atoms with Gasteiger partial charge in [0.2, 0.25) is 0 Å². The standard InChI is InChI=1S/C17H29NO/c1-15(2)18-13-9-4-5-10-14-19-16(3)17-11-7-6-8-12-17/h6-8,11-12,15-16,18H,4-5,9-10,13-14H2,1-3H3. The number of nitrogens with one attached hydrogen (secondary N) is 1. The second kappa shape index (κ2) is 9.99. The Morgan fingerprint density at radius 3 is 2.32 bits per heavy atom. The molecule has 0 radical (unpaired) electrons.